The number of amides is 1. The quantitative estimate of drug-likeness (QED) is 0.372. The number of ether oxygens (including phenoxy) is 1. The molecule has 2 heterocycles. The lowest BCUT2D eigenvalue weighted by molar-refractivity contribution is 0.102. The molecular formula is C26H24N6O2S. The second kappa shape index (κ2) is 10.1. The average molecular weight is 485 g/mol. The van der Waals surface area contributed by atoms with Crippen LogP contribution in [0, 0.1) is 11.8 Å². The van der Waals surface area contributed by atoms with Crippen molar-refractivity contribution < 1.29 is 9.53 Å². The molecule has 176 valence electrons. The number of aromatic amines is 1. The highest BCUT2D eigenvalue weighted by Gasteiger charge is 2.21. The third-order valence-electron chi connectivity index (χ3n) is 5.67. The Balaban J connectivity index is 1.33. The number of hydrogen-bond acceptors (Lipinski definition) is 7. The summed E-state index contributed by atoms with van der Waals surface area (Å²) in [4.78, 5) is 17.8. The van der Waals surface area contributed by atoms with Gasteiger partial charge in [0.05, 0.1) is 17.4 Å². The van der Waals surface area contributed by atoms with Gasteiger partial charge in [-0.2, -0.15) is 5.21 Å². The molecular weight excluding hydrogens is 460 g/mol. The highest BCUT2D eigenvalue weighted by Crippen LogP contribution is 2.36. The number of aromatic nitrogens is 5. The summed E-state index contributed by atoms with van der Waals surface area (Å²) in [6.45, 7) is 3.81. The molecule has 35 heavy (non-hydrogen) atoms. The molecule has 0 saturated heterocycles. The number of tetrazole rings is 1. The molecule has 8 nitrogen and oxygen atoms in total. The highest BCUT2D eigenvalue weighted by atomic mass is 32.1. The lowest BCUT2D eigenvalue weighted by Gasteiger charge is -2.22. The van der Waals surface area contributed by atoms with E-state index in [0.717, 1.165) is 16.3 Å². The van der Waals surface area contributed by atoms with Crippen LogP contribution in [-0.2, 0) is 0 Å². The van der Waals surface area contributed by atoms with Gasteiger partial charge in [0.15, 0.2) is 5.01 Å². The van der Waals surface area contributed by atoms with Gasteiger partial charge in [0.2, 0.25) is 5.82 Å². The summed E-state index contributed by atoms with van der Waals surface area (Å²) in [5.74, 6) is 7.51. The second-order valence-electron chi connectivity index (χ2n) is 8.60. The normalized spacial score (nSPS) is 13.1. The summed E-state index contributed by atoms with van der Waals surface area (Å²) in [6.07, 6.45) is 3.62. The largest absolute Gasteiger partial charge is 0.490 e. The summed E-state index contributed by atoms with van der Waals surface area (Å²) in [5.41, 5.74) is 3.72. The Bertz CT molecular complexity index is 1400. The van der Waals surface area contributed by atoms with Crippen LogP contribution in [0.15, 0.2) is 47.8 Å². The van der Waals surface area contributed by atoms with E-state index in [2.05, 4.69) is 48.1 Å². The number of carbonyl (C=O) groups excluding carboxylic acids is 1. The number of rotatable bonds is 6. The molecule has 0 unspecified atom stereocenters. The van der Waals surface area contributed by atoms with E-state index in [1.165, 1.54) is 19.3 Å². The molecule has 2 aromatic heterocycles. The summed E-state index contributed by atoms with van der Waals surface area (Å²) in [7, 11) is 0. The molecule has 4 aromatic rings. The molecule has 1 amide bonds. The lowest BCUT2D eigenvalue weighted by Crippen LogP contribution is -2.16. The standard InChI is InChI=1S/C26H24N6O2S/c1-16(2)34-23-14-19(25-29-31-32-30-25)10-11-21(23)26(33)27-20-8-3-5-17(13-20)9-12-24-28-22(15-35-24)18-6-4-7-18/h3,5,8,10-11,13-16,18H,4,6-7H2,1-2H3,(H,27,33)(H,29,30,31,32). The Morgan fingerprint density at radius 3 is 2.83 bits per heavy atom. The SMILES string of the molecule is CC(C)Oc1cc(-c2nn[nH]n2)ccc1C(=O)Nc1cccc(C#Cc2nc(C3CCC3)cs2)c1. The van der Waals surface area contributed by atoms with Crippen LogP contribution in [0.1, 0.15) is 65.7 Å². The van der Waals surface area contributed by atoms with E-state index in [9.17, 15) is 4.79 Å². The van der Waals surface area contributed by atoms with Crippen LogP contribution in [-0.4, -0.2) is 37.6 Å². The molecule has 9 heteroatoms. The zero-order valence-corrected chi connectivity index (χ0v) is 20.2. The molecule has 0 bridgehead atoms. The Kier molecular flexibility index (Phi) is 6.55. The van der Waals surface area contributed by atoms with E-state index in [0.29, 0.717) is 34.3 Å². The smallest absolute Gasteiger partial charge is 0.259 e. The Morgan fingerprint density at radius 2 is 2.09 bits per heavy atom. The van der Waals surface area contributed by atoms with Gasteiger partial charge in [-0.25, -0.2) is 4.98 Å². The first kappa shape index (κ1) is 22.7. The summed E-state index contributed by atoms with van der Waals surface area (Å²) in [5, 5.41) is 19.9. The van der Waals surface area contributed by atoms with Crippen LogP contribution in [0.5, 0.6) is 5.75 Å². The minimum Gasteiger partial charge on any atom is -0.490 e. The number of carbonyl (C=O) groups is 1. The van der Waals surface area contributed by atoms with E-state index in [4.69, 9.17) is 4.74 Å². The van der Waals surface area contributed by atoms with Crippen LogP contribution in [0.2, 0.25) is 0 Å². The monoisotopic (exact) mass is 484 g/mol. The summed E-state index contributed by atoms with van der Waals surface area (Å²) >= 11 is 1.58. The van der Waals surface area contributed by atoms with Crippen molar-refractivity contribution in [1.29, 1.82) is 0 Å². The Hall–Kier alpha value is -4.03. The van der Waals surface area contributed by atoms with Crippen LogP contribution in [0.3, 0.4) is 0 Å². The fourth-order valence-electron chi connectivity index (χ4n) is 3.72. The van der Waals surface area contributed by atoms with Crippen molar-refractivity contribution >= 4 is 22.9 Å². The zero-order valence-electron chi connectivity index (χ0n) is 19.4. The zero-order chi connectivity index (χ0) is 24.2. The molecule has 2 N–H and O–H groups in total. The van der Waals surface area contributed by atoms with Gasteiger partial charge in [-0.3, -0.25) is 4.79 Å². The molecule has 1 fully saturated rings. The van der Waals surface area contributed by atoms with E-state index in [-0.39, 0.29) is 12.0 Å². The number of anilines is 1. The number of nitrogens with one attached hydrogen (secondary N) is 2. The minimum atomic E-state index is -0.282. The van der Waals surface area contributed by atoms with Gasteiger partial charge >= 0.3 is 0 Å². The lowest BCUT2D eigenvalue weighted by atomic mass is 9.83. The van der Waals surface area contributed by atoms with Crippen molar-refractivity contribution in [2.24, 2.45) is 0 Å². The van der Waals surface area contributed by atoms with E-state index >= 15 is 0 Å². The fourth-order valence-corrected chi connectivity index (χ4v) is 4.46. The van der Waals surface area contributed by atoms with E-state index in [1.807, 2.05) is 38.1 Å². The predicted molar refractivity (Wildman–Crippen MR) is 134 cm³/mol. The van der Waals surface area contributed by atoms with Gasteiger partial charge in [-0.05, 0) is 74.2 Å². The molecule has 1 aliphatic rings. The molecule has 5 rings (SSSR count). The van der Waals surface area contributed by atoms with Crippen molar-refractivity contribution in [2.45, 2.75) is 45.1 Å². The molecule has 1 saturated carbocycles. The van der Waals surface area contributed by atoms with Gasteiger partial charge in [-0.1, -0.05) is 18.4 Å². The maximum atomic E-state index is 13.1. The van der Waals surface area contributed by atoms with Crippen LogP contribution in [0.25, 0.3) is 11.4 Å². The number of H-pyrrole nitrogens is 1. The van der Waals surface area contributed by atoms with Gasteiger partial charge in [0, 0.05) is 28.1 Å². The second-order valence-corrected chi connectivity index (χ2v) is 9.46. The molecule has 0 atom stereocenters. The molecule has 0 spiro atoms. The van der Waals surface area contributed by atoms with Gasteiger partial charge in [0.1, 0.15) is 5.75 Å². The Morgan fingerprint density at radius 1 is 1.20 bits per heavy atom. The third-order valence-corrected chi connectivity index (χ3v) is 6.45. The van der Waals surface area contributed by atoms with Gasteiger partial charge in [0.25, 0.3) is 5.91 Å². The molecule has 1 aliphatic carbocycles. The number of hydrogen-bond donors (Lipinski definition) is 2. The predicted octanol–water partition coefficient (Wildman–Crippen LogP) is 5.03. The average Bonchev–Trinajstić information content (AvgIpc) is 3.49. The number of nitrogens with zero attached hydrogens (tertiary/aromatic N) is 4. The number of benzene rings is 2. The van der Waals surface area contributed by atoms with Crippen LogP contribution in [0.4, 0.5) is 5.69 Å². The maximum absolute atomic E-state index is 13.1. The summed E-state index contributed by atoms with van der Waals surface area (Å²) < 4.78 is 5.91. The van der Waals surface area contributed by atoms with Crippen LogP contribution < -0.4 is 10.1 Å². The highest BCUT2D eigenvalue weighted by molar-refractivity contribution is 7.10. The topological polar surface area (TPSA) is 106 Å². The van der Waals surface area contributed by atoms with Crippen molar-refractivity contribution in [2.75, 3.05) is 5.32 Å². The van der Waals surface area contributed by atoms with Crippen molar-refractivity contribution in [3.8, 4) is 29.0 Å². The Labute approximate surface area is 207 Å². The molecule has 2 aromatic carbocycles. The van der Waals surface area contributed by atoms with Crippen molar-refractivity contribution in [3.05, 3.63) is 69.7 Å². The number of thiazole rings is 1. The third kappa shape index (κ3) is 5.39. The van der Waals surface area contributed by atoms with Gasteiger partial charge < -0.3 is 10.1 Å². The van der Waals surface area contributed by atoms with Crippen molar-refractivity contribution in [3.63, 3.8) is 0 Å². The van der Waals surface area contributed by atoms with Gasteiger partial charge in [-0.15, -0.1) is 21.5 Å². The molecule has 0 aliphatic heterocycles. The van der Waals surface area contributed by atoms with E-state index in [1.54, 1.807) is 29.5 Å². The van der Waals surface area contributed by atoms with E-state index < -0.39 is 0 Å². The first-order valence-electron chi connectivity index (χ1n) is 11.5. The summed E-state index contributed by atoms with van der Waals surface area (Å²) in [6, 6.07) is 12.7. The first-order chi connectivity index (χ1) is 17.0. The van der Waals surface area contributed by atoms with Crippen LogP contribution >= 0.6 is 11.3 Å². The maximum Gasteiger partial charge on any atom is 0.259 e. The molecule has 0 radical (unpaired) electrons. The first-order valence-corrected chi connectivity index (χ1v) is 12.4. The fraction of sp³-hybridized carbons (Fsp3) is 0.269. The minimum absolute atomic E-state index is 0.115. The van der Waals surface area contributed by atoms with Crippen molar-refractivity contribution in [1.82, 2.24) is 25.6 Å².